The maximum atomic E-state index is 12.1. The SMILES string of the molecule is CCc1ccc(NC(=O)C(C#N)=Cc2ccc(Br)s2)cc1. The molecule has 0 fully saturated rings. The molecule has 1 amide bonds. The Hall–Kier alpha value is -1.90. The Morgan fingerprint density at radius 1 is 1.33 bits per heavy atom. The van der Waals surface area contributed by atoms with Gasteiger partial charge in [-0.2, -0.15) is 5.26 Å². The van der Waals surface area contributed by atoms with Crippen molar-refractivity contribution in [2.45, 2.75) is 13.3 Å². The van der Waals surface area contributed by atoms with Crippen molar-refractivity contribution in [1.29, 1.82) is 5.26 Å². The number of carbonyl (C=O) groups excluding carboxylic acids is 1. The second-order valence-electron chi connectivity index (χ2n) is 4.32. The number of nitrogens with zero attached hydrogens (tertiary/aromatic N) is 1. The van der Waals surface area contributed by atoms with Crippen molar-refractivity contribution < 1.29 is 4.79 Å². The van der Waals surface area contributed by atoms with Crippen LogP contribution in [-0.4, -0.2) is 5.91 Å². The summed E-state index contributed by atoms with van der Waals surface area (Å²) in [5.41, 5.74) is 1.97. The molecule has 1 aromatic heterocycles. The van der Waals surface area contributed by atoms with E-state index >= 15 is 0 Å². The van der Waals surface area contributed by atoms with Crippen molar-refractivity contribution in [3.8, 4) is 6.07 Å². The van der Waals surface area contributed by atoms with E-state index in [-0.39, 0.29) is 5.57 Å². The Kier molecular flexibility index (Phi) is 5.32. The largest absolute Gasteiger partial charge is 0.321 e. The number of halogens is 1. The smallest absolute Gasteiger partial charge is 0.266 e. The Morgan fingerprint density at radius 2 is 2.05 bits per heavy atom. The minimum absolute atomic E-state index is 0.0870. The highest BCUT2D eigenvalue weighted by atomic mass is 79.9. The number of hydrogen-bond donors (Lipinski definition) is 1. The topological polar surface area (TPSA) is 52.9 Å². The monoisotopic (exact) mass is 360 g/mol. The van der Waals surface area contributed by atoms with Crippen molar-refractivity contribution in [2.24, 2.45) is 0 Å². The number of anilines is 1. The Balaban J connectivity index is 2.13. The van der Waals surface area contributed by atoms with Crippen LogP contribution in [0.4, 0.5) is 5.69 Å². The summed E-state index contributed by atoms with van der Waals surface area (Å²) < 4.78 is 0.960. The van der Waals surface area contributed by atoms with E-state index < -0.39 is 5.91 Å². The molecule has 1 N–H and O–H groups in total. The number of hydrogen-bond acceptors (Lipinski definition) is 3. The van der Waals surface area contributed by atoms with E-state index in [1.807, 2.05) is 42.5 Å². The van der Waals surface area contributed by atoms with Gasteiger partial charge in [0.15, 0.2) is 0 Å². The highest BCUT2D eigenvalue weighted by Crippen LogP contribution is 2.24. The molecule has 21 heavy (non-hydrogen) atoms. The third kappa shape index (κ3) is 4.28. The summed E-state index contributed by atoms with van der Waals surface area (Å²) in [5.74, 6) is -0.397. The van der Waals surface area contributed by atoms with Gasteiger partial charge in [0.25, 0.3) is 5.91 Å². The average Bonchev–Trinajstić information content (AvgIpc) is 2.90. The van der Waals surface area contributed by atoms with Crippen molar-refractivity contribution in [3.63, 3.8) is 0 Å². The number of aryl methyl sites for hydroxylation is 1. The van der Waals surface area contributed by atoms with Gasteiger partial charge in [-0.25, -0.2) is 0 Å². The van der Waals surface area contributed by atoms with Gasteiger partial charge in [-0.3, -0.25) is 4.79 Å². The highest BCUT2D eigenvalue weighted by Gasteiger charge is 2.10. The fourth-order valence-corrected chi connectivity index (χ4v) is 3.09. The molecule has 0 saturated heterocycles. The number of thiophene rings is 1. The fraction of sp³-hybridized carbons (Fsp3) is 0.125. The standard InChI is InChI=1S/C16H13BrN2OS/c1-2-11-3-5-13(6-4-11)19-16(20)12(10-18)9-14-7-8-15(17)21-14/h3-9H,2H2,1H3,(H,19,20). The summed E-state index contributed by atoms with van der Waals surface area (Å²) in [5, 5.41) is 11.9. The molecule has 106 valence electrons. The van der Waals surface area contributed by atoms with Crippen molar-refractivity contribution in [3.05, 3.63) is 56.2 Å². The molecule has 5 heteroatoms. The average molecular weight is 361 g/mol. The number of nitriles is 1. The first kappa shape index (κ1) is 15.5. The fourth-order valence-electron chi connectivity index (χ4n) is 1.72. The Labute approximate surface area is 136 Å². The molecule has 0 aliphatic rings. The van der Waals surface area contributed by atoms with Crippen LogP contribution in [0.2, 0.25) is 0 Å². The van der Waals surface area contributed by atoms with Crippen LogP contribution in [0.1, 0.15) is 17.4 Å². The van der Waals surface area contributed by atoms with Gasteiger partial charge in [-0.05, 0) is 58.3 Å². The summed E-state index contributed by atoms with van der Waals surface area (Å²) in [6.45, 7) is 2.07. The van der Waals surface area contributed by atoms with Crippen molar-refractivity contribution in [2.75, 3.05) is 5.32 Å². The third-order valence-corrected chi connectivity index (χ3v) is 4.44. The van der Waals surface area contributed by atoms with Crippen molar-refractivity contribution >= 4 is 44.9 Å². The molecule has 0 atom stereocenters. The van der Waals surface area contributed by atoms with Gasteiger partial charge < -0.3 is 5.32 Å². The van der Waals surface area contributed by atoms with Crippen LogP contribution in [0, 0.1) is 11.3 Å². The van der Waals surface area contributed by atoms with Crippen LogP contribution >= 0.6 is 27.3 Å². The quantitative estimate of drug-likeness (QED) is 0.638. The summed E-state index contributed by atoms with van der Waals surface area (Å²) in [6, 6.07) is 13.3. The van der Waals surface area contributed by atoms with Crippen LogP contribution in [0.25, 0.3) is 6.08 Å². The molecule has 0 aliphatic heterocycles. The molecule has 1 heterocycles. The zero-order valence-electron chi connectivity index (χ0n) is 11.4. The van der Waals surface area contributed by atoms with Crippen molar-refractivity contribution in [1.82, 2.24) is 0 Å². The second-order valence-corrected chi connectivity index (χ2v) is 6.81. The Bertz CT molecular complexity index is 711. The number of rotatable bonds is 4. The van der Waals surface area contributed by atoms with Gasteiger partial charge in [-0.1, -0.05) is 19.1 Å². The number of amides is 1. The maximum absolute atomic E-state index is 12.1. The van der Waals surface area contributed by atoms with Crippen LogP contribution in [0.15, 0.2) is 45.8 Å². The van der Waals surface area contributed by atoms with E-state index in [0.29, 0.717) is 5.69 Å². The van der Waals surface area contributed by atoms with Crippen LogP contribution in [0.5, 0.6) is 0 Å². The Morgan fingerprint density at radius 3 is 2.57 bits per heavy atom. The number of carbonyl (C=O) groups is 1. The van der Waals surface area contributed by atoms with Gasteiger partial charge in [0.2, 0.25) is 0 Å². The van der Waals surface area contributed by atoms with E-state index in [1.54, 1.807) is 6.08 Å². The summed E-state index contributed by atoms with van der Waals surface area (Å²) >= 11 is 4.82. The molecule has 2 rings (SSSR count). The summed E-state index contributed by atoms with van der Waals surface area (Å²) in [6.07, 6.45) is 2.54. The molecule has 1 aromatic carbocycles. The summed E-state index contributed by atoms with van der Waals surface area (Å²) in [4.78, 5) is 13.0. The molecule has 0 bridgehead atoms. The van der Waals surface area contributed by atoms with Gasteiger partial charge in [0.1, 0.15) is 11.6 Å². The van der Waals surface area contributed by atoms with Gasteiger partial charge in [0.05, 0.1) is 3.79 Å². The lowest BCUT2D eigenvalue weighted by atomic mass is 10.1. The lowest BCUT2D eigenvalue weighted by Crippen LogP contribution is -2.13. The van der Waals surface area contributed by atoms with E-state index in [1.165, 1.54) is 16.9 Å². The predicted molar refractivity (Wildman–Crippen MR) is 90.1 cm³/mol. The second kappa shape index (κ2) is 7.21. The molecule has 2 aromatic rings. The van der Waals surface area contributed by atoms with E-state index in [0.717, 1.165) is 15.1 Å². The van der Waals surface area contributed by atoms with Crippen LogP contribution < -0.4 is 5.32 Å². The number of benzene rings is 1. The third-order valence-electron chi connectivity index (χ3n) is 2.87. The highest BCUT2D eigenvalue weighted by molar-refractivity contribution is 9.11. The minimum Gasteiger partial charge on any atom is -0.321 e. The zero-order chi connectivity index (χ0) is 15.2. The van der Waals surface area contributed by atoms with E-state index in [4.69, 9.17) is 5.26 Å². The van der Waals surface area contributed by atoms with Gasteiger partial charge in [-0.15, -0.1) is 11.3 Å². The maximum Gasteiger partial charge on any atom is 0.266 e. The normalized spacial score (nSPS) is 11.0. The lowest BCUT2D eigenvalue weighted by molar-refractivity contribution is -0.112. The first-order valence-electron chi connectivity index (χ1n) is 6.40. The van der Waals surface area contributed by atoms with Crippen LogP contribution in [0.3, 0.4) is 0 Å². The molecule has 0 spiro atoms. The lowest BCUT2D eigenvalue weighted by Gasteiger charge is -2.05. The van der Waals surface area contributed by atoms with Gasteiger partial charge >= 0.3 is 0 Å². The number of nitrogens with one attached hydrogen (secondary N) is 1. The molecular formula is C16H13BrN2OS. The molecule has 3 nitrogen and oxygen atoms in total. The molecule has 0 aliphatic carbocycles. The molecule has 0 saturated carbocycles. The first-order chi connectivity index (χ1) is 10.1. The first-order valence-corrected chi connectivity index (χ1v) is 8.00. The van der Waals surface area contributed by atoms with E-state index in [9.17, 15) is 4.79 Å². The van der Waals surface area contributed by atoms with E-state index in [2.05, 4.69) is 28.2 Å². The van der Waals surface area contributed by atoms with Gasteiger partial charge in [0, 0.05) is 10.6 Å². The minimum atomic E-state index is -0.397. The molecular weight excluding hydrogens is 348 g/mol. The van der Waals surface area contributed by atoms with Crippen LogP contribution in [-0.2, 0) is 11.2 Å². The molecule has 0 unspecified atom stereocenters. The predicted octanol–water partition coefficient (Wildman–Crippen LogP) is 4.62. The zero-order valence-corrected chi connectivity index (χ0v) is 13.8. The summed E-state index contributed by atoms with van der Waals surface area (Å²) in [7, 11) is 0. The molecule has 0 radical (unpaired) electrons.